The van der Waals surface area contributed by atoms with Gasteiger partial charge in [-0.2, -0.15) is 0 Å². The average molecular weight is 269 g/mol. The molecule has 1 amide bonds. The second kappa shape index (κ2) is 5.03. The Balaban J connectivity index is 2.08. The van der Waals surface area contributed by atoms with Crippen molar-refractivity contribution in [1.82, 2.24) is 14.6 Å². The summed E-state index contributed by atoms with van der Waals surface area (Å²) < 4.78 is 26.7. The maximum Gasteiger partial charge on any atom is 0.242 e. The zero-order valence-electron chi connectivity index (χ0n) is 10.0. The van der Waals surface area contributed by atoms with Crippen LogP contribution in [0.25, 0.3) is 0 Å². The van der Waals surface area contributed by atoms with Crippen LogP contribution in [0.2, 0.25) is 0 Å². The van der Waals surface area contributed by atoms with Crippen LogP contribution in [0.1, 0.15) is 12.8 Å². The van der Waals surface area contributed by atoms with Crippen LogP contribution in [0, 0.1) is 0 Å². The van der Waals surface area contributed by atoms with Crippen LogP contribution in [0.15, 0.2) is 29.4 Å². The first kappa shape index (κ1) is 13.0. The van der Waals surface area contributed by atoms with E-state index in [2.05, 4.69) is 9.71 Å². The van der Waals surface area contributed by atoms with Gasteiger partial charge in [-0.25, -0.2) is 13.1 Å². The number of piperidine rings is 1. The number of likely N-dealkylation sites (tertiary alicyclic amines) is 1. The van der Waals surface area contributed by atoms with E-state index in [4.69, 9.17) is 0 Å². The van der Waals surface area contributed by atoms with Crippen molar-refractivity contribution < 1.29 is 13.2 Å². The number of carbonyl (C=O) groups is 1. The van der Waals surface area contributed by atoms with Gasteiger partial charge in [0.1, 0.15) is 4.90 Å². The van der Waals surface area contributed by atoms with Gasteiger partial charge in [0, 0.05) is 38.4 Å². The highest BCUT2D eigenvalue weighted by molar-refractivity contribution is 7.89. The van der Waals surface area contributed by atoms with E-state index in [1.807, 2.05) is 0 Å². The second-order valence-electron chi connectivity index (χ2n) is 4.32. The molecule has 2 rings (SSSR count). The zero-order chi connectivity index (χ0) is 13.2. The number of aromatic nitrogens is 1. The van der Waals surface area contributed by atoms with Gasteiger partial charge in [-0.15, -0.1) is 0 Å². The molecule has 18 heavy (non-hydrogen) atoms. The lowest BCUT2D eigenvalue weighted by molar-refractivity contribution is -0.132. The molecule has 1 aliphatic rings. The molecule has 0 radical (unpaired) electrons. The fraction of sp³-hybridized carbons (Fsp3) is 0.455. The molecule has 2 heterocycles. The molecule has 6 nitrogen and oxygen atoms in total. The molecule has 1 unspecified atom stereocenters. The van der Waals surface area contributed by atoms with Crippen molar-refractivity contribution in [3.63, 3.8) is 0 Å². The van der Waals surface area contributed by atoms with E-state index in [1.165, 1.54) is 18.5 Å². The molecule has 0 aromatic carbocycles. The predicted molar refractivity (Wildman–Crippen MR) is 65.2 cm³/mol. The van der Waals surface area contributed by atoms with Gasteiger partial charge in [0.25, 0.3) is 0 Å². The van der Waals surface area contributed by atoms with Crippen LogP contribution in [0.4, 0.5) is 0 Å². The van der Waals surface area contributed by atoms with E-state index in [1.54, 1.807) is 18.0 Å². The van der Waals surface area contributed by atoms with Crippen molar-refractivity contribution in [2.45, 2.75) is 23.8 Å². The molecule has 7 heteroatoms. The Morgan fingerprint density at radius 2 is 2.28 bits per heavy atom. The normalized spacial score (nSPS) is 21.1. The van der Waals surface area contributed by atoms with E-state index in [9.17, 15) is 13.2 Å². The number of nitrogens with zero attached hydrogens (tertiary/aromatic N) is 2. The van der Waals surface area contributed by atoms with Crippen molar-refractivity contribution in [1.29, 1.82) is 0 Å². The van der Waals surface area contributed by atoms with E-state index in [0.29, 0.717) is 19.4 Å². The molecule has 1 fully saturated rings. The lowest BCUT2D eigenvalue weighted by atomic mass is 10.1. The van der Waals surface area contributed by atoms with Crippen LogP contribution in [-0.2, 0) is 14.8 Å². The molecule has 0 saturated carbocycles. The lowest BCUT2D eigenvalue weighted by Gasteiger charge is -2.29. The predicted octanol–water partition coefficient (Wildman–Crippen LogP) is -0.0193. The fourth-order valence-corrected chi connectivity index (χ4v) is 3.13. The Hall–Kier alpha value is -1.47. The van der Waals surface area contributed by atoms with Crippen molar-refractivity contribution in [2.24, 2.45) is 0 Å². The van der Waals surface area contributed by atoms with Gasteiger partial charge < -0.3 is 4.90 Å². The summed E-state index contributed by atoms with van der Waals surface area (Å²) in [6.45, 7) is 0.401. The first-order chi connectivity index (χ1) is 8.49. The second-order valence-corrected chi connectivity index (χ2v) is 6.03. The topological polar surface area (TPSA) is 79.4 Å². The number of carbonyl (C=O) groups excluding carboxylic acids is 1. The van der Waals surface area contributed by atoms with E-state index < -0.39 is 10.0 Å². The van der Waals surface area contributed by atoms with Crippen LogP contribution in [-0.4, -0.2) is 43.8 Å². The maximum absolute atomic E-state index is 12.0. The SMILES string of the molecule is CN1CC(NS(=O)(=O)c2cccnc2)CCC1=O. The molecule has 0 spiro atoms. The van der Waals surface area contributed by atoms with Crippen LogP contribution in [0.5, 0.6) is 0 Å². The molecule has 1 atom stereocenters. The first-order valence-corrected chi connectivity index (χ1v) is 7.14. The fourth-order valence-electron chi connectivity index (χ4n) is 1.90. The number of sulfonamides is 1. The number of hydrogen-bond acceptors (Lipinski definition) is 4. The summed E-state index contributed by atoms with van der Waals surface area (Å²) in [5, 5.41) is 0. The molecule has 1 N–H and O–H groups in total. The maximum atomic E-state index is 12.0. The number of amides is 1. The molecule has 0 bridgehead atoms. The first-order valence-electron chi connectivity index (χ1n) is 5.65. The van der Waals surface area contributed by atoms with Gasteiger partial charge >= 0.3 is 0 Å². The smallest absolute Gasteiger partial charge is 0.242 e. The van der Waals surface area contributed by atoms with Crippen LogP contribution in [0.3, 0.4) is 0 Å². The Morgan fingerprint density at radius 3 is 2.89 bits per heavy atom. The Bertz CT molecular complexity index is 530. The number of nitrogens with one attached hydrogen (secondary N) is 1. The summed E-state index contributed by atoms with van der Waals surface area (Å²) in [7, 11) is -1.88. The average Bonchev–Trinajstić information content (AvgIpc) is 2.35. The number of likely N-dealkylation sites (N-methyl/N-ethyl adjacent to an activating group) is 1. The highest BCUT2D eigenvalue weighted by atomic mass is 32.2. The summed E-state index contributed by atoms with van der Waals surface area (Å²) in [6, 6.07) is 2.83. The highest BCUT2D eigenvalue weighted by Crippen LogP contribution is 2.13. The largest absolute Gasteiger partial charge is 0.344 e. The quantitative estimate of drug-likeness (QED) is 0.836. The van der Waals surface area contributed by atoms with Crippen LogP contribution < -0.4 is 4.72 Å². The summed E-state index contributed by atoms with van der Waals surface area (Å²) in [5.74, 6) is 0.0480. The number of pyridine rings is 1. The van der Waals surface area contributed by atoms with Crippen molar-refractivity contribution in [3.05, 3.63) is 24.5 Å². The van der Waals surface area contributed by atoms with Gasteiger partial charge in [0.15, 0.2) is 0 Å². The molecule has 98 valence electrons. The van der Waals surface area contributed by atoms with Gasteiger partial charge in [-0.3, -0.25) is 9.78 Å². The lowest BCUT2D eigenvalue weighted by Crippen LogP contribution is -2.48. The zero-order valence-corrected chi connectivity index (χ0v) is 10.9. The van der Waals surface area contributed by atoms with E-state index in [0.717, 1.165) is 0 Å². The Kier molecular flexibility index (Phi) is 3.63. The molecule has 1 aliphatic heterocycles. The summed E-state index contributed by atoms with van der Waals surface area (Å²) in [6.07, 6.45) is 3.73. The summed E-state index contributed by atoms with van der Waals surface area (Å²) in [5.41, 5.74) is 0. The minimum Gasteiger partial charge on any atom is -0.344 e. The van der Waals surface area contributed by atoms with Gasteiger partial charge in [-0.05, 0) is 18.6 Å². The highest BCUT2D eigenvalue weighted by Gasteiger charge is 2.27. The molecule has 1 aromatic rings. The number of rotatable bonds is 3. The van der Waals surface area contributed by atoms with Crippen molar-refractivity contribution in [3.8, 4) is 0 Å². The summed E-state index contributed by atoms with van der Waals surface area (Å²) in [4.78, 5) is 16.8. The monoisotopic (exact) mass is 269 g/mol. The van der Waals surface area contributed by atoms with Crippen molar-refractivity contribution in [2.75, 3.05) is 13.6 Å². The minimum atomic E-state index is -3.55. The van der Waals surface area contributed by atoms with E-state index >= 15 is 0 Å². The molecule has 1 aromatic heterocycles. The number of hydrogen-bond donors (Lipinski definition) is 1. The van der Waals surface area contributed by atoms with Gasteiger partial charge in [0.2, 0.25) is 15.9 Å². The molecule has 0 aliphatic carbocycles. The van der Waals surface area contributed by atoms with E-state index in [-0.39, 0.29) is 16.8 Å². The van der Waals surface area contributed by atoms with Crippen LogP contribution >= 0.6 is 0 Å². The third kappa shape index (κ3) is 2.85. The van der Waals surface area contributed by atoms with Gasteiger partial charge in [-0.1, -0.05) is 0 Å². The third-order valence-corrected chi connectivity index (χ3v) is 4.40. The third-order valence-electron chi connectivity index (χ3n) is 2.89. The Labute approximate surface area is 106 Å². The minimum absolute atomic E-state index is 0.0480. The van der Waals surface area contributed by atoms with Crippen molar-refractivity contribution >= 4 is 15.9 Å². The molecule has 1 saturated heterocycles. The standard InChI is InChI=1S/C11H15N3O3S/c1-14-8-9(4-5-11(14)15)13-18(16,17)10-3-2-6-12-7-10/h2-3,6-7,9,13H,4-5,8H2,1H3. The molecular weight excluding hydrogens is 254 g/mol. The van der Waals surface area contributed by atoms with Gasteiger partial charge in [0.05, 0.1) is 0 Å². The Morgan fingerprint density at radius 1 is 1.50 bits per heavy atom. The summed E-state index contributed by atoms with van der Waals surface area (Å²) >= 11 is 0. The molecular formula is C11H15N3O3S.